The number of rotatable bonds is 8. The van der Waals surface area contributed by atoms with Crippen molar-refractivity contribution < 1.29 is 14.6 Å². The molecule has 0 aliphatic heterocycles. The monoisotopic (exact) mass is 225 g/mol. The van der Waals surface area contributed by atoms with Gasteiger partial charge < -0.3 is 19.9 Å². The predicted octanol–water partition coefficient (Wildman–Crippen LogP) is 0.662. The van der Waals surface area contributed by atoms with Crippen molar-refractivity contribution in [2.24, 2.45) is 0 Å². The van der Waals surface area contributed by atoms with Crippen LogP contribution in [0.15, 0.2) is 30.3 Å². The van der Waals surface area contributed by atoms with Crippen LogP contribution in [0.2, 0.25) is 0 Å². The topological polar surface area (TPSA) is 50.7 Å². The van der Waals surface area contributed by atoms with Crippen LogP contribution in [0.3, 0.4) is 0 Å². The lowest BCUT2D eigenvalue weighted by molar-refractivity contribution is 0.0259. The summed E-state index contributed by atoms with van der Waals surface area (Å²) in [4.78, 5) is 0. The molecule has 4 nitrogen and oxygen atoms in total. The summed E-state index contributed by atoms with van der Waals surface area (Å²) < 4.78 is 10.7. The van der Waals surface area contributed by atoms with Crippen LogP contribution < -0.4 is 10.1 Å². The average molecular weight is 225 g/mol. The number of benzene rings is 1. The normalized spacial score (nSPS) is 12.4. The number of likely N-dealkylation sites (N-methyl/N-ethyl adjacent to an activating group) is 1. The molecule has 0 amide bonds. The van der Waals surface area contributed by atoms with Gasteiger partial charge in [-0.25, -0.2) is 0 Å². The van der Waals surface area contributed by atoms with Gasteiger partial charge in [-0.3, -0.25) is 0 Å². The Morgan fingerprint density at radius 2 is 2.00 bits per heavy atom. The molecule has 0 radical (unpaired) electrons. The van der Waals surface area contributed by atoms with Gasteiger partial charge in [0, 0.05) is 6.54 Å². The molecule has 0 aromatic heterocycles. The lowest BCUT2D eigenvalue weighted by Gasteiger charge is -2.11. The molecule has 16 heavy (non-hydrogen) atoms. The van der Waals surface area contributed by atoms with Gasteiger partial charge >= 0.3 is 0 Å². The average Bonchev–Trinajstić information content (AvgIpc) is 2.30. The minimum Gasteiger partial charge on any atom is -0.491 e. The Hall–Kier alpha value is -1.10. The highest BCUT2D eigenvalue weighted by Gasteiger charge is 2.01. The van der Waals surface area contributed by atoms with Gasteiger partial charge in [0.05, 0.1) is 19.3 Å². The first-order valence-corrected chi connectivity index (χ1v) is 5.41. The van der Waals surface area contributed by atoms with Gasteiger partial charge in [-0.1, -0.05) is 18.2 Å². The second-order valence-electron chi connectivity index (χ2n) is 3.45. The quantitative estimate of drug-likeness (QED) is 0.638. The van der Waals surface area contributed by atoms with Gasteiger partial charge in [0.15, 0.2) is 0 Å². The molecule has 0 saturated carbocycles. The summed E-state index contributed by atoms with van der Waals surface area (Å²) in [6.07, 6.45) is -0.457. The number of aliphatic hydroxyl groups is 1. The third kappa shape index (κ3) is 5.70. The number of hydrogen-bond acceptors (Lipinski definition) is 4. The van der Waals surface area contributed by atoms with Gasteiger partial charge in [0.1, 0.15) is 12.4 Å². The van der Waals surface area contributed by atoms with Gasteiger partial charge in [-0.05, 0) is 19.2 Å². The van der Waals surface area contributed by atoms with Crippen molar-refractivity contribution >= 4 is 0 Å². The molecule has 4 heteroatoms. The molecule has 1 rings (SSSR count). The van der Waals surface area contributed by atoms with E-state index in [1.165, 1.54) is 0 Å². The Morgan fingerprint density at radius 1 is 1.25 bits per heavy atom. The largest absolute Gasteiger partial charge is 0.491 e. The van der Waals surface area contributed by atoms with Gasteiger partial charge in [0.25, 0.3) is 0 Å². The van der Waals surface area contributed by atoms with Crippen molar-refractivity contribution in [1.82, 2.24) is 5.32 Å². The Balaban J connectivity index is 2.00. The fraction of sp³-hybridized carbons (Fsp3) is 0.500. The third-order valence-electron chi connectivity index (χ3n) is 1.99. The van der Waals surface area contributed by atoms with Crippen LogP contribution in [-0.2, 0) is 4.74 Å². The summed E-state index contributed by atoms with van der Waals surface area (Å²) in [6.45, 7) is 1.85. The van der Waals surface area contributed by atoms with Crippen LogP contribution in [0, 0.1) is 0 Å². The SMILES string of the molecule is CNCC(O)COCCOc1ccccc1. The van der Waals surface area contributed by atoms with Crippen molar-refractivity contribution in [2.75, 3.05) is 33.4 Å². The van der Waals surface area contributed by atoms with Crippen LogP contribution in [-0.4, -0.2) is 44.6 Å². The molecule has 90 valence electrons. The van der Waals surface area contributed by atoms with Crippen molar-refractivity contribution in [3.05, 3.63) is 30.3 Å². The summed E-state index contributed by atoms with van der Waals surface area (Å²) in [5.41, 5.74) is 0. The van der Waals surface area contributed by atoms with Gasteiger partial charge in [0.2, 0.25) is 0 Å². The summed E-state index contributed by atoms with van der Waals surface area (Å²) in [7, 11) is 1.79. The smallest absolute Gasteiger partial charge is 0.119 e. The van der Waals surface area contributed by atoms with Gasteiger partial charge in [-0.15, -0.1) is 0 Å². The van der Waals surface area contributed by atoms with E-state index in [9.17, 15) is 5.11 Å². The Morgan fingerprint density at radius 3 is 2.69 bits per heavy atom. The van der Waals surface area contributed by atoms with Gasteiger partial charge in [-0.2, -0.15) is 0 Å². The van der Waals surface area contributed by atoms with Crippen LogP contribution in [0.4, 0.5) is 0 Å². The zero-order valence-electron chi connectivity index (χ0n) is 9.56. The summed E-state index contributed by atoms with van der Waals surface area (Å²) in [5, 5.41) is 12.2. The fourth-order valence-corrected chi connectivity index (χ4v) is 1.25. The Kier molecular flexibility index (Phi) is 6.56. The summed E-state index contributed by atoms with van der Waals surface area (Å²) in [6, 6.07) is 9.59. The van der Waals surface area contributed by atoms with E-state index < -0.39 is 6.10 Å². The molecule has 1 aromatic carbocycles. The maximum Gasteiger partial charge on any atom is 0.119 e. The van der Waals surface area contributed by atoms with E-state index in [0.29, 0.717) is 26.4 Å². The van der Waals surface area contributed by atoms with Crippen molar-refractivity contribution in [3.63, 3.8) is 0 Å². The number of hydrogen-bond donors (Lipinski definition) is 2. The van der Waals surface area contributed by atoms with Crippen LogP contribution in [0.5, 0.6) is 5.75 Å². The van der Waals surface area contributed by atoms with Crippen molar-refractivity contribution in [1.29, 1.82) is 0 Å². The molecule has 0 aliphatic rings. The molecule has 0 spiro atoms. The zero-order valence-corrected chi connectivity index (χ0v) is 9.56. The van der Waals surface area contributed by atoms with Crippen molar-refractivity contribution in [3.8, 4) is 5.75 Å². The summed E-state index contributed by atoms with van der Waals surface area (Å²) >= 11 is 0. The predicted molar refractivity (Wildman–Crippen MR) is 62.7 cm³/mol. The van der Waals surface area contributed by atoms with E-state index >= 15 is 0 Å². The van der Waals surface area contributed by atoms with Crippen LogP contribution >= 0.6 is 0 Å². The van der Waals surface area contributed by atoms with Crippen LogP contribution in [0.1, 0.15) is 0 Å². The first-order chi connectivity index (χ1) is 7.83. The number of ether oxygens (including phenoxy) is 2. The fourth-order valence-electron chi connectivity index (χ4n) is 1.25. The number of para-hydroxylation sites is 1. The Labute approximate surface area is 96.2 Å². The lowest BCUT2D eigenvalue weighted by atomic mass is 10.3. The van der Waals surface area contributed by atoms with Crippen LogP contribution in [0.25, 0.3) is 0 Å². The minimum absolute atomic E-state index is 0.332. The molecular weight excluding hydrogens is 206 g/mol. The molecule has 0 fully saturated rings. The number of aliphatic hydroxyl groups excluding tert-OH is 1. The molecule has 1 atom stereocenters. The molecule has 1 unspecified atom stereocenters. The molecule has 1 aromatic rings. The maximum atomic E-state index is 9.34. The molecule has 2 N–H and O–H groups in total. The molecule has 0 bridgehead atoms. The highest BCUT2D eigenvalue weighted by molar-refractivity contribution is 5.20. The van der Waals surface area contributed by atoms with E-state index in [1.54, 1.807) is 7.05 Å². The second kappa shape index (κ2) is 8.10. The standard InChI is InChI=1S/C12H19NO3/c1-13-9-11(14)10-15-7-8-16-12-5-3-2-4-6-12/h2-6,11,13-14H,7-10H2,1H3. The summed E-state index contributed by atoms with van der Waals surface area (Å²) in [5.74, 6) is 0.835. The second-order valence-corrected chi connectivity index (χ2v) is 3.45. The van der Waals surface area contributed by atoms with E-state index in [1.807, 2.05) is 30.3 Å². The molecule has 0 aliphatic carbocycles. The zero-order chi connectivity index (χ0) is 11.6. The lowest BCUT2D eigenvalue weighted by Crippen LogP contribution is -2.28. The number of nitrogens with one attached hydrogen (secondary N) is 1. The van der Waals surface area contributed by atoms with Crippen molar-refractivity contribution in [2.45, 2.75) is 6.10 Å². The molecule has 0 heterocycles. The first-order valence-electron chi connectivity index (χ1n) is 5.41. The molecule has 0 saturated heterocycles. The third-order valence-corrected chi connectivity index (χ3v) is 1.99. The first kappa shape index (κ1) is 13.0. The van der Waals surface area contributed by atoms with E-state index in [4.69, 9.17) is 9.47 Å². The highest BCUT2D eigenvalue weighted by Crippen LogP contribution is 2.07. The maximum absolute atomic E-state index is 9.34. The van der Waals surface area contributed by atoms with E-state index in [0.717, 1.165) is 5.75 Å². The highest BCUT2D eigenvalue weighted by atomic mass is 16.5. The minimum atomic E-state index is -0.457. The Bertz CT molecular complexity index is 266. The van der Waals surface area contributed by atoms with E-state index in [2.05, 4.69) is 5.32 Å². The van der Waals surface area contributed by atoms with E-state index in [-0.39, 0.29) is 0 Å². The molecular formula is C12H19NO3.